The van der Waals surface area contributed by atoms with E-state index in [1.807, 2.05) is 6.92 Å². The molecule has 0 bridgehead atoms. The number of aliphatic hydroxyl groups excluding tert-OH is 3. The van der Waals surface area contributed by atoms with Gasteiger partial charge in [-0.3, -0.25) is 0 Å². The van der Waals surface area contributed by atoms with E-state index >= 15 is 0 Å². The van der Waals surface area contributed by atoms with Crippen LogP contribution in [0.3, 0.4) is 0 Å². The molecule has 108 valence electrons. The highest BCUT2D eigenvalue weighted by atomic mass is 16.5. The Morgan fingerprint density at radius 2 is 1.74 bits per heavy atom. The second-order valence-corrected chi connectivity index (χ2v) is 4.01. The van der Waals surface area contributed by atoms with Gasteiger partial charge in [-0.1, -0.05) is 0 Å². The van der Waals surface area contributed by atoms with Crippen molar-refractivity contribution in [3.05, 3.63) is 6.33 Å². The largest absolute Gasteiger partial charge is 0.490 e. The summed E-state index contributed by atoms with van der Waals surface area (Å²) >= 11 is 0. The number of nitrogens with one attached hydrogen (secondary N) is 2. The van der Waals surface area contributed by atoms with Gasteiger partial charge < -0.3 is 30.7 Å². The molecule has 0 aliphatic carbocycles. The molecule has 19 heavy (non-hydrogen) atoms. The fraction of sp³-hybridized carbons (Fsp3) is 0.636. The molecule has 0 unspecified atom stereocenters. The first-order chi connectivity index (χ1) is 9.16. The van der Waals surface area contributed by atoms with Crippen molar-refractivity contribution in [2.75, 3.05) is 44.1 Å². The van der Waals surface area contributed by atoms with Gasteiger partial charge in [-0.05, 0) is 6.92 Å². The van der Waals surface area contributed by atoms with E-state index in [-0.39, 0.29) is 5.82 Å². The van der Waals surface area contributed by atoms with Crippen LogP contribution in [-0.2, 0) is 0 Å². The Labute approximate surface area is 111 Å². The summed E-state index contributed by atoms with van der Waals surface area (Å²) in [5, 5.41) is 33.7. The molecule has 0 aliphatic heterocycles. The quantitative estimate of drug-likeness (QED) is 0.410. The number of anilines is 2. The number of hydrogen-bond acceptors (Lipinski definition) is 8. The Morgan fingerprint density at radius 3 is 2.21 bits per heavy atom. The Kier molecular flexibility index (Phi) is 5.74. The molecule has 0 radical (unpaired) electrons. The van der Waals surface area contributed by atoms with Crippen molar-refractivity contribution in [3.63, 3.8) is 0 Å². The van der Waals surface area contributed by atoms with Crippen molar-refractivity contribution >= 4 is 11.6 Å². The summed E-state index contributed by atoms with van der Waals surface area (Å²) in [4.78, 5) is 8.03. The van der Waals surface area contributed by atoms with Crippen LogP contribution in [0.5, 0.6) is 5.75 Å². The first kappa shape index (κ1) is 15.4. The maximum atomic E-state index is 9.29. The molecule has 0 amide bonds. The molecule has 1 heterocycles. The smallest absolute Gasteiger partial charge is 0.204 e. The van der Waals surface area contributed by atoms with Crippen LogP contribution in [0.1, 0.15) is 6.92 Å². The minimum Gasteiger partial charge on any atom is -0.490 e. The molecule has 1 rings (SSSR count). The van der Waals surface area contributed by atoms with E-state index in [2.05, 4.69) is 20.6 Å². The monoisotopic (exact) mass is 272 g/mol. The summed E-state index contributed by atoms with van der Waals surface area (Å²) in [7, 11) is 1.46. The number of aliphatic hydroxyl groups is 3. The molecule has 0 fully saturated rings. The second-order valence-electron chi connectivity index (χ2n) is 4.01. The standard InChI is InChI=1S/C11H20N4O4/c1-3-12-9-8(19-2)10(14-7-13-9)15-11(4-16,5-17)6-18/h7,16-18H,3-6H2,1-2H3,(H2,12,13,14,15). The number of nitrogens with zero attached hydrogens (tertiary/aromatic N) is 2. The van der Waals surface area contributed by atoms with Crippen LogP contribution < -0.4 is 15.4 Å². The minimum absolute atomic E-state index is 0.283. The normalized spacial score (nSPS) is 11.2. The number of rotatable bonds is 8. The Morgan fingerprint density at radius 1 is 1.16 bits per heavy atom. The number of ether oxygens (including phenoxy) is 1. The van der Waals surface area contributed by atoms with Crippen LogP contribution in [0, 0.1) is 0 Å². The SMILES string of the molecule is CCNc1ncnc(NC(CO)(CO)CO)c1OC. The van der Waals surface area contributed by atoms with Crippen molar-refractivity contribution in [3.8, 4) is 5.75 Å². The topological polar surface area (TPSA) is 120 Å². The lowest BCUT2D eigenvalue weighted by atomic mass is 10.0. The molecule has 5 N–H and O–H groups in total. The van der Waals surface area contributed by atoms with Gasteiger partial charge in [0.25, 0.3) is 0 Å². The van der Waals surface area contributed by atoms with E-state index in [1.165, 1.54) is 13.4 Å². The van der Waals surface area contributed by atoms with E-state index < -0.39 is 25.4 Å². The lowest BCUT2D eigenvalue weighted by Crippen LogP contribution is -2.49. The molecular weight excluding hydrogens is 252 g/mol. The molecule has 0 saturated heterocycles. The zero-order valence-corrected chi connectivity index (χ0v) is 11.1. The Balaban J connectivity index is 3.09. The molecule has 0 aromatic carbocycles. The fourth-order valence-corrected chi connectivity index (χ4v) is 1.47. The summed E-state index contributed by atoms with van der Waals surface area (Å²) in [6, 6.07) is 0. The van der Waals surface area contributed by atoms with Crippen LogP contribution in [0.25, 0.3) is 0 Å². The van der Waals surface area contributed by atoms with Crippen LogP contribution in [-0.4, -0.2) is 64.3 Å². The average Bonchev–Trinajstić information content (AvgIpc) is 2.45. The average molecular weight is 272 g/mol. The van der Waals surface area contributed by atoms with Crippen molar-refractivity contribution < 1.29 is 20.1 Å². The molecule has 0 spiro atoms. The van der Waals surface area contributed by atoms with Gasteiger partial charge in [0.15, 0.2) is 11.6 Å². The summed E-state index contributed by atoms with van der Waals surface area (Å²) in [5.74, 6) is 1.12. The maximum Gasteiger partial charge on any atom is 0.204 e. The number of methoxy groups -OCH3 is 1. The van der Waals surface area contributed by atoms with Gasteiger partial charge in [0.1, 0.15) is 11.9 Å². The van der Waals surface area contributed by atoms with E-state index in [0.717, 1.165) is 0 Å². The lowest BCUT2D eigenvalue weighted by molar-refractivity contribution is 0.0829. The van der Waals surface area contributed by atoms with Crippen molar-refractivity contribution in [2.24, 2.45) is 0 Å². The molecule has 0 saturated carbocycles. The van der Waals surface area contributed by atoms with E-state index in [9.17, 15) is 15.3 Å². The van der Waals surface area contributed by atoms with Crippen molar-refractivity contribution in [1.82, 2.24) is 9.97 Å². The number of hydrogen-bond donors (Lipinski definition) is 5. The third kappa shape index (κ3) is 3.43. The summed E-state index contributed by atoms with van der Waals surface area (Å²) in [6.45, 7) is 1.20. The van der Waals surface area contributed by atoms with Crippen LogP contribution in [0.15, 0.2) is 6.33 Å². The zero-order chi connectivity index (χ0) is 14.3. The second kappa shape index (κ2) is 7.07. The first-order valence-electron chi connectivity index (χ1n) is 5.90. The highest BCUT2D eigenvalue weighted by Gasteiger charge is 2.30. The molecule has 0 atom stereocenters. The summed E-state index contributed by atoms with van der Waals surface area (Å²) < 4.78 is 5.21. The van der Waals surface area contributed by atoms with Gasteiger partial charge >= 0.3 is 0 Å². The Hall–Kier alpha value is -1.64. The van der Waals surface area contributed by atoms with Crippen LogP contribution in [0.2, 0.25) is 0 Å². The van der Waals surface area contributed by atoms with Gasteiger partial charge in [-0.15, -0.1) is 0 Å². The Bertz CT molecular complexity index is 390. The molecule has 8 nitrogen and oxygen atoms in total. The highest BCUT2D eigenvalue weighted by molar-refractivity contribution is 5.64. The molecule has 8 heteroatoms. The highest BCUT2D eigenvalue weighted by Crippen LogP contribution is 2.30. The first-order valence-corrected chi connectivity index (χ1v) is 5.90. The lowest BCUT2D eigenvalue weighted by Gasteiger charge is -2.30. The predicted molar refractivity (Wildman–Crippen MR) is 70.4 cm³/mol. The van der Waals surface area contributed by atoms with Crippen molar-refractivity contribution in [1.29, 1.82) is 0 Å². The van der Waals surface area contributed by atoms with Crippen molar-refractivity contribution in [2.45, 2.75) is 12.5 Å². The van der Waals surface area contributed by atoms with Gasteiger partial charge in [-0.25, -0.2) is 9.97 Å². The molecule has 0 aliphatic rings. The van der Waals surface area contributed by atoms with Gasteiger partial charge in [-0.2, -0.15) is 0 Å². The minimum atomic E-state index is -1.27. The van der Waals surface area contributed by atoms with E-state index in [1.54, 1.807) is 0 Å². The van der Waals surface area contributed by atoms with E-state index in [0.29, 0.717) is 18.1 Å². The maximum absolute atomic E-state index is 9.29. The van der Waals surface area contributed by atoms with Gasteiger partial charge in [0.05, 0.1) is 26.9 Å². The van der Waals surface area contributed by atoms with E-state index in [4.69, 9.17) is 4.74 Å². The zero-order valence-electron chi connectivity index (χ0n) is 11.1. The fourth-order valence-electron chi connectivity index (χ4n) is 1.47. The predicted octanol–water partition coefficient (Wildman–Crippen LogP) is -0.955. The summed E-state index contributed by atoms with van der Waals surface area (Å²) in [5.41, 5.74) is -1.27. The third-order valence-corrected chi connectivity index (χ3v) is 2.64. The molecule has 1 aromatic rings. The van der Waals surface area contributed by atoms with Crippen LogP contribution >= 0.6 is 0 Å². The van der Waals surface area contributed by atoms with Crippen LogP contribution in [0.4, 0.5) is 11.6 Å². The molecule has 1 aromatic heterocycles. The molecular formula is C11H20N4O4. The van der Waals surface area contributed by atoms with Gasteiger partial charge in [0.2, 0.25) is 5.75 Å². The third-order valence-electron chi connectivity index (χ3n) is 2.64. The number of aromatic nitrogens is 2. The summed E-state index contributed by atoms with van der Waals surface area (Å²) in [6.07, 6.45) is 1.32. The van der Waals surface area contributed by atoms with Gasteiger partial charge in [0, 0.05) is 6.54 Å².